The molecule has 0 aliphatic heterocycles. The van der Waals surface area contributed by atoms with Gasteiger partial charge in [-0.3, -0.25) is 14.9 Å². The molecule has 3 aromatic rings. The van der Waals surface area contributed by atoms with Crippen molar-refractivity contribution in [2.45, 2.75) is 5.03 Å². The topological polar surface area (TPSA) is 98.0 Å². The molecule has 0 atom stereocenters. The fourth-order valence-corrected chi connectivity index (χ4v) is 2.79. The average molecular weight is 384 g/mol. The molecule has 0 saturated carbocycles. The molecule has 136 valence electrons. The van der Waals surface area contributed by atoms with Crippen LogP contribution in [-0.4, -0.2) is 26.8 Å². The van der Waals surface area contributed by atoms with E-state index < -0.39 is 4.92 Å². The number of carbonyl (C=O) groups excluding carboxylic acids is 1. The van der Waals surface area contributed by atoms with Crippen molar-refractivity contribution < 1.29 is 14.1 Å². The Bertz CT molecular complexity index is 948. The number of non-ortho nitro benzene ring substituents is 1. The Morgan fingerprint density at radius 1 is 1.04 bits per heavy atom. The number of thioether (sulfide) groups is 1. The van der Waals surface area contributed by atoms with Crippen molar-refractivity contribution in [2.24, 2.45) is 0 Å². The van der Waals surface area contributed by atoms with Gasteiger partial charge in [0, 0.05) is 23.4 Å². The highest BCUT2D eigenvalue weighted by Crippen LogP contribution is 2.22. The van der Waals surface area contributed by atoms with Crippen LogP contribution < -0.4 is 5.32 Å². The van der Waals surface area contributed by atoms with E-state index in [0.717, 1.165) is 0 Å². The second-order valence-electron chi connectivity index (χ2n) is 5.40. The van der Waals surface area contributed by atoms with E-state index in [4.69, 9.17) is 0 Å². The van der Waals surface area contributed by atoms with E-state index in [1.807, 2.05) is 0 Å². The first kappa shape index (κ1) is 18.5. The molecule has 7 nitrogen and oxygen atoms in total. The van der Waals surface area contributed by atoms with Crippen LogP contribution in [0.4, 0.5) is 15.8 Å². The molecule has 1 heterocycles. The lowest BCUT2D eigenvalue weighted by Gasteiger charge is -2.05. The lowest BCUT2D eigenvalue weighted by Crippen LogP contribution is -2.14. The third kappa shape index (κ3) is 5.08. The van der Waals surface area contributed by atoms with Crippen LogP contribution in [0.1, 0.15) is 0 Å². The van der Waals surface area contributed by atoms with Crippen LogP contribution in [0, 0.1) is 15.9 Å². The van der Waals surface area contributed by atoms with Crippen LogP contribution in [0.2, 0.25) is 0 Å². The van der Waals surface area contributed by atoms with E-state index in [9.17, 15) is 19.3 Å². The number of benzene rings is 2. The van der Waals surface area contributed by atoms with Crippen LogP contribution in [0.3, 0.4) is 0 Å². The Morgan fingerprint density at radius 3 is 2.33 bits per heavy atom. The zero-order chi connectivity index (χ0) is 19.2. The van der Waals surface area contributed by atoms with Gasteiger partial charge in [-0.1, -0.05) is 11.8 Å². The van der Waals surface area contributed by atoms with E-state index in [2.05, 4.69) is 15.5 Å². The molecule has 9 heteroatoms. The Hall–Kier alpha value is -3.33. The zero-order valence-corrected chi connectivity index (χ0v) is 14.6. The van der Waals surface area contributed by atoms with Crippen molar-refractivity contribution in [3.05, 3.63) is 76.6 Å². The van der Waals surface area contributed by atoms with Gasteiger partial charge in [0.1, 0.15) is 10.8 Å². The van der Waals surface area contributed by atoms with Gasteiger partial charge in [0.2, 0.25) is 5.91 Å². The fourth-order valence-electron chi connectivity index (χ4n) is 2.17. The van der Waals surface area contributed by atoms with Crippen molar-refractivity contribution in [3.8, 4) is 11.3 Å². The molecule has 0 bridgehead atoms. The van der Waals surface area contributed by atoms with Gasteiger partial charge in [0.05, 0.1) is 16.4 Å². The van der Waals surface area contributed by atoms with Crippen LogP contribution in [0.5, 0.6) is 0 Å². The molecule has 0 fully saturated rings. The summed E-state index contributed by atoms with van der Waals surface area (Å²) in [6, 6.07) is 15.0. The summed E-state index contributed by atoms with van der Waals surface area (Å²) in [7, 11) is 0. The Morgan fingerprint density at radius 2 is 1.74 bits per heavy atom. The number of carbonyl (C=O) groups is 1. The highest BCUT2D eigenvalue weighted by Gasteiger charge is 2.08. The van der Waals surface area contributed by atoms with Gasteiger partial charge < -0.3 is 5.32 Å². The van der Waals surface area contributed by atoms with Crippen LogP contribution in [0.25, 0.3) is 11.3 Å². The summed E-state index contributed by atoms with van der Waals surface area (Å²) in [5, 5.41) is 22.0. The van der Waals surface area contributed by atoms with E-state index in [1.165, 1.54) is 48.2 Å². The number of hydrogen-bond acceptors (Lipinski definition) is 6. The first-order chi connectivity index (χ1) is 13.0. The van der Waals surface area contributed by atoms with Gasteiger partial charge in [-0.05, 0) is 48.5 Å². The molecule has 1 N–H and O–H groups in total. The number of amides is 1. The van der Waals surface area contributed by atoms with Gasteiger partial charge in [0.15, 0.2) is 0 Å². The SMILES string of the molecule is O=C(CSc1ccc(-c2ccc([N+](=O)[O-])cc2)nn1)Nc1ccc(F)cc1. The minimum absolute atomic E-state index is 0.00560. The summed E-state index contributed by atoms with van der Waals surface area (Å²) in [6.45, 7) is 0. The second-order valence-corrected chi connectivity index (χ2v) is 6.40. The van der Waals surface area contributed by atoms with E-state index >= 15 is 0 Å². The summed E-state index contributed by atoms with van der Waals surface area (Å²) in [6.07, 6.45) is 0. The molecule has 1 aromatic heterocycles. The third-order valence-corrected chi connectivity index (χ3v) is 4.41. The number of hydrogen-bond donors (Lipinski definition) is 1. The van der Waals surface area contributed by atoms with Gasteiger partial charge in [0.25, 0.3) is 5.69 Å². The molecule has 0 saturated heterocycles. The second kappa shape index (κ2) is 8.37. The zero-order valence-electron chi connectivity index (χ0n) is 13.8. The van der Waals surface area contributed by atoms with Crippen LogP contribution >= 0.6 is 11.8 Å². The largest absolute Gasteiger partial charge is 0.325 e. The van der Waals surface area contributed by atoms with Crippen LogP contribution in [-0.2, 0) is 4.79 Å². The number of nitrogens with one attached hydrogen (secondary N) is 1. The van der Waals surface area contributed by atoms with E-state index in [0.29, 0.717) is 22.0 Å². The molecule has 3 rings (SSSR count). The number of halogens is 1. The number of nitro benzene ring substituents is 1. The maximum absolute atomic E-state index is 12.8. The Balaban J connectivity index is 1.56. The lowest BCUT2D eigenvalue weighted by molar-refractivity contribution is -0.384. The molecule has 2 aromatic carbocycles. The number of nitro groups is 1. The van der Waals surface area contributed by atoms with Gasteiger partial charge in [-0.25, -0.2) is 4.39 Å². The molecule has 0 aliphatic carbocycles. The van der Waals surface area contributed by atoms with Crippen molar-refractivity contribution in [2.75, 3.05) is 11.1 Å². The minimum atomic E-state index is -0.466. The van der Waals surface area contributed by atoms with E-state index in [1.54, 1.807) is 24.3 Å². The van der Waals surface area contributed by atoms with Crippen molar-refractivity contribution in [1.82, 2.24) is 10.2 Å². The van der Waals surface area contributed by atoms with Gasteiger partial charge in [-0.2, -0.15) is 0 Å². The summed E-state index contributed by atoms with van der Waals surface area (Å²) >= 11 is 1.21. The van der Waals surface area contributed by atoms with Gasteiger partial charge in [-0.15, -0.1) is 10.2 Å². The molecule has 27 heavy (non-hydrogen) atoms. The Kier molecular flexibility index (Phi) is 5.72. The fraction of sp³-hybridized carbons (Fsp3) is 0.0556. The molecule has 0 unspecified atom stereocenters. The van der Waals surface area contributed by atoms with Crippen molar-refractivity contribution in [1.29, 1.82) is 0 Å². The molecule has 1 amide bonds. The number of aromatic nitrogens is 2. The summed E-state index contributed by atoms with van der Waals surface area (Å²) in [5.74, 6) is -0.484. The molecule has 0 aliphatic rings. The molecule has 0 radical (unpaired) electrons. The monoisotopic (exact) mass is 384 g/mol. The smallest absolute Gasteiger partial charge is 0.269 e. The predicted octanol–water partition coefficient (Wildman–Crippen LogP) is 3.92. The standard InChI is InChI=1S/C18H13FN4O3S/c19-13-3-5-14(6-4-13)20-17(24)11-27-18-10-9-16(21-22-18)12-1-7-15(8-2-12)23(25)26/h1-10H,11H2,(H,20,24). The Labute approximate surface area is 157 Å². The minimum Gasteiger partial charge on any atom is -0.325 e. The van der Waals surface area contributed by atoms with Crippen molar-refractivity contribution in [3.63, 3.8) is 0 Å². The normalized spacial score (nSPS) is 10.4. The number of nitrogens with zero attached hydrogens (tertiary/aromatic N) is 3. The molecule has 0 spiro atoms. The lowest BCUT2D eigenvalue weighted by atomic mass is 10.1. The maximum atomic E-state index is 12.8. The first-order valence-corrected chi connectivity index (χ1v) is 8.76. The summed E-state index contributed by atoms with van der Waals surface area (Å²) in [5.41, 5.74) is 1.80. The predicted molar refractivity (Wildman–Crippen MR) is 99.9 cm³/mol. The number of rotatable bonds is 6. The average Bonchev–Trinajstić information content (AvgIpc) is 2.69. The van der Waals surface area contributed by atoms with Crippen molar-refractivity contribution >= 4 is 29.0 Å². The summed E-state index contributed by atoms with van der Waals surface area (Å²) < 4.78 is 12.8. The highest BCUT2D eigenvalue weighted by atomic mass is 32.2. The number of anilines is 1. The quantitative estimate of drug-likeness (QED) is 0.393. The van der Waals surface area contributed by atoms with E-state index in [-0.39, 0.29) is 23.2 Å². The highest BCUT2D eigenvalue weighted by molar-refractivity contribution is 7.99. The summed E-state index contributed by atoms with van der Waals surface area (Å²) in [4.78, 5) is 22.1. The maximum Gasteiger partial charge on any atom is 0.269 e. The van der Waals surface area contributed by atoms with Gasteiger partial charge >= 0.3 is 0 Å². The first-order valence-electron chi connectivity index (χ1n) is 7.78. The van der Waals surface area contributed by atoms with Crippen LogP contribution in [0.15, 0.2) is 65.7 Å². The third-order valence-electron chi connectivity index (χ3n) is 3.49. The molecular weight excluding hydrogens is 371 g/mol. The molecular formula is C18H13FN4O3S.